The maximum absolute atomic E-state index is 12.6. The van der Waals surface area contributed by atoms with E-state index in [1.54, 1.807) is 24.3 Å². The average Bonchev–Trinajstić information content (AvgIpc) is 2.47. The van der Waals surface area contributed by atoms with Crippen LogP contribution in [0.4, 0.5) is 0 Å². The third-order valence-electron chi connectivity index (χ3n) is 3.07. The molecule has 2 nitrogen and oxygen atoms in total. The molecule has 0 aliphatic heterocycles. The molecule has 1 N–H and O–H groups in total. The van der Waals surface area contributed by atoms with Crippen LogP contribution in [-0.4, -0.2) is 5.11 Å². The van der Waals surface area contributed by atoms with Crippen LogP contribution < -0.4 is 10.6 Å². The summed E-state index contributed by atoms with van der Waals surface area (Å²) in [6.45, 7) is 0. The van der Waals surface area contributed by atoms with Gasteiger partial charge in [-0.2, -0.15) is 0 Å². The first-order chi connectivity index (χ1) is 9.25. The van der Waals surface area contributed by atoms with E-state index < -0.39 is 7.80 Å². The van der Waals surface area contributed by atoms with Gasteiger partial charge in [-0.15, -0.1) is 0 Å². The maximum atomic E-state index is 12.6. The van der Waals surface area contributed by atoms with Crippen molar-refractivity contribution in [2.75, 3.05) is 0 Å². The van der Waals surface area contributed by atoms with Gasteiger partial charge in [0.2, 0.25) is 5.30 Å². The number of phenolic OH excluding ortho intramolecular Hbond substituents is 1. The van der Waals surface area contributed by atoms with Crippen LogP contribution in [0.2, 0.25) is 0 Å². The van der Waals surface area contributed by atoms with E-state index >= 15 is 0 Å². The lowest BCUT2D eigenvalue weighted by Crippen LogP contribution is -2.07. The van der Waals surface area contributed by atoms with Gasteiger partial charge >= 0.3 is 7.80 Å². The molecule has 3 aromatic rings. The van der Waals surface area contributed by atoms with Crippen molar-refractivity contribution < 1.29 is 9.67 Å². The summed E-state index contributed by atoms with van der Waals surface area (Å²) < 4.78 is 12.6. The van der Waals surface area contributed by atoms with Crippen LogP contribution in [0.3, 0.4) is 0 Å². The van der Waals surface area contributed by atoms with E-state index in [1.165, 1.54) is 0 Å². The van der Waals surface area contributed by atoms with E-state index in [0.717, 1.165) is 21.4 Å². The van der Waals surface area contributed by atoms with Gasteiger partial charge in [-0.1, -0.05) is 34.9 Å². The molecule has 0 aliphatic rings. The Balaban J connectivity index is 2.14. The second kappa shape index (κ2) is 4.83. The van der Waals surface area contributed by atoms with Gasteiger partial charge in [0, 0.05) is 5.39 Å². The van der Waals surface area contributed by atoms with Gasteiger partial charge in [0.1, 0.15) is 5.75 Å². The highest BCUT2D eigenvalue weighted by Crippen LogP contribution is 2.25. The van der Waals surface area contributed by atoms with Gasteiger partial charge in [0.15, 0.2) is 5.30 Å². The number of hydrogen-bond acceptors (Lipinski definition) is 2. The Bertz CT molecular complexity index is 743. The van der Waals surface area contributed by atoms with Crippen LogP contribution in [0, 0.1) is 0 Å². The van der Waals surface area contributed by atoms with Gasteiger partial charge in [-0.25, -0.2) is 0 Å². The molecule has 0 bridgehead atoms. The summed E-state index contributed by atoms with van der Waals surface area (Å²) in [7, 11) is -1.64. The van der Waals surface area contributed by atoms with Crippen LogP contribution in [0.5, 0.6) is 5.75 Å². The lowest BCUT2D eigenvalue weighted by atomic mass is 10.1. The van der Waals surface area contributed by atoms with E-state index in [9.17, 15) is 9.67 Å². The molecule has 0 amide bonds. The van der Waals surface area contributed by atoms with Crippen molar-refractivity contribution in [3.8, 4) is 5.75 Å². The molecule has 19 heavy (non-hydrogen) atoms. The fourth-order valence-corrected chi connectivity index (χ4v) is 3.45. The monoisotopic (exact) mass is 267 g/mol. The van der Waals surface area contributed by atoms with Gasteiger partial charge in [0.05, 0.1) is 0 Å². The zero-order valence-electron chi connectivity index (χ0n) is 10.2. The molecular weight excluding hydrogens is 255 g/mol. The van der Waals surface area contributed by atoms with Crippen LogP contribution >= 0.6 is 7.80 Å². The molecule has 0 fully saturated rings. The van der Waals surface area contributed by atoms with Gasteiger partial charge < -0.3 is 5.11 Å². The first-order valence-electron chi connectivity index (χ1n) is 6.00. The summed E-state index contributed by atoms with van der Waals surface area (Å²) in [4.78, 5) is 0. The highest BCUT2D eigenvalue weighted by atomic mass is 31.1. The Kier molecular flexibility index (Phi) is 3.02. The molecule has 0 aliphatic carbocycles. The predicted octanol–water partition coefficient (Wildman–Crippen LogP) is 3.32. The zero-order chi connectivity index (χ0) is 13.2. The number of phenols is 1. The number of rotatable bonds is 2. The van der Waals surface area contributed by atoms with E-state index in [1.807, 2.05) is 42.5 Å². The molecule has 1 unspecified atom stereocenters. The highest BCUT2D eigenvalue weighted by molar-refractivity contribution is 7.62. The van der Waals surface area contributed by atoms with Crippen LogP contribution in [0.1, 0.15) is 0 Å². The molecule has 0 spiro atoms. The number of aromatic hydroxyl groups is 1. The topological polar surface area (TPSA) is 37.3 Å². The van der Waals surface area contributed by atoms with Crippen LogP contribution in [0.25, 0.3) is 10.8 Å². The second-order valence-electron chi connectivity index (χ2n) is 4.31. The van der Waals surface area contributed by atoms with Crippen molar-refractivity contribution in [1.82, 2.24) is 0 Å². The Hall–Kier alpha value is -2.18. The van der Waals surface area contributed by atoms with E-state index in [-0.39, 0.29) is 5.75 Å². The summed E-state index contributed by atoms with van der Waals surface area (Å²) in [5, 5.41) is 12.9. The Morgan fingerprint density at radius 1 is 0.789 bits per heavy atom. The van der Waals surface area contributed by atoms with Crippen molar-refractivity contribution in [3.05, 3.63) is 66.7 Å². The molecule has 0 saturated heterocycles. The standard InChI is InChI=1S/C16H11O2P/c17-13-8-10-14(11-9-13)19(18)16-7-3-5-12-4-1-2-6-15(12)16/h1-11H/p+1. The highest BCUT2D eigenvalue weighted by Gasteiger charge is 2.25. The third-order valence-corrected chi connectivity index (χ3v) is 4.66. The van der Waals surface area contributed by atoms with Gasteiger partial charge in [-0.3, -0.25) is 0 Å². The SMILES string of the molecule is O=[P+](c1ccc(O)cc1)c1cccc2ccccc12. The Morgan fingerprint density at radius 3 is 2.26 bits per heavy atom. The number of benzene rings is 3. The molecular formula is C16H12O2P+. The lowest BCUT2D eigenvalue weighted by Gasteiger charge is -1.97. The smallest absolute Gasteiger partial charge is 0.415 e. The van der Waals surface area contributed by atoms with Crippen molar-refractivity contribution in [1.29, 1.82) is 0 Å². The minimum absolute atomic E-state index is 0.185. The molecule has 92 valence electrons. The van der Waals surface area contributed by atoms with Crippen LogP contribution in [-0.2, 0) is 4.57 Å². The first kappa shape index (κ1) is 11.9. The minimum Gasteiger partial charge on any atom is -0.508 e. The van der Waals surface area contributed by atoms with Crippen molar-refractivity contribution in [2.24, 2.45) is 0 Å². The quantitative estimate of drug-likeness (QED) is 0.723. The van der Waals surface area contributed by atoms with Crippen molar-refractivity contribution in [3.63, 3.8) is 0 Å². The average molecular weight is 267 g/mol. The summed E-state index contributed by atoms with van der Waals surface area (Å²) >= 11 is 0. The number of fused-ring (bicyclic) bond motifs is 1. The Labute approximate surface area is 112 Å². The molecule has 3 aromatic carbocycles. The molecule has 0 saturated carbocycles. The first-order valence-corrected chi connectivity index (χ1v) is 7.26. The maximum Gasteiger partial charge on any atom is 0.415 e. The summed E-state index contributed by atoms with van der Waals surface area (Å²) in [6.07, 6.45) is 0. The molecule has 1 atom stereocenters. The molecule has 0 heterocycles. The molecule has 3 rings (SSSR count). The summed E-state index contributed by atoms with van der Waals surface area (Å²) in [6, 6.07) is 20.3. The largest absolute Gasteiger partial charge is 0.508 e. The minimum atomic E-state index is -1.64. The van der Waals surface area contributed by atoms with Crippen molar-refractivity contribution >= 4 is 29.2 Å². The molecule has 3 heteroatoms. The van der Waals surface area contributed by atoms with E-state index in [2.05, 4.69) is 0 Å². The van der Waals surface area contributed by atoms with Crippen LogP contribution in [0.15, 0.2) is 66.7 Å². The fraction of sp³-hybridized carbons (Fsp3) is 0. The normalized spacial score (nSPS) is 11.5. The zero-order valence-corrected chi connectivity index (χ0v) is 11.0. The van der Waals surface area contributed by atoms with Gasteiger partial charge in [0.25, 0.3) is 0 Å². The van der Waals surface area contributed by atoms with E-state index in [4.69, 9.17) is 0 Å². The second-order valence-corrected chi connectivity index (χ2v) is 5.90. The summed E-state index contributed by atoms with van der Waals surface area (Å²) in [5.74, 6) is 0.185. The third kappa shape index (κ3) is 2.23. The van der Waals surface area contributed by atoms with Crippen molar-refractivity contribution in [2.45, 2.75) is 0 Å². The summed E-state index contributed by atoms with van der Waals surface area (Å²) in [5.41, 5.74) is 0. The van der Waals surface area contributed by atoms with Gasteiger partial charge in [-0.05, 0) is 41.8 Å². The van der Waals surface area contributed by atoms with E-state index in [0.29, 0.717) is 0 Å². The lowest BCUT2D eigenvalue weighted by molar-refractivity contribution is 0.475. The molecule has 0 aromatic heterocycles. The molecule has 0 radical (unpaired) electrons. The Morgan fingerprint density at radius 2 is 1.47 bits per heavy atom. The predicted molar refractivity (Wildman–Crippen MR) is 78.9 cm³/mol. The number of hydrogen-bond donors (Lipinski definition) is 1. The fourth-order valence-electron chi connectivity index (χ4n) is 2.11.